The van der Waals surface area contributed by atoms with E-state index in [9.17, 15) is 8.42 Å². The SMILES string of the molecule is Cc1cc(S(=O)(=O)NCc2sccc2C)ccc1Br. The molecule has 0 saturated carbocycles. The summed E-state index contributed by atoms with van der Waals surface area (Å²) >= 11 is 4.92. The van der Waals surface area contributed by atoms with E-state index in [2.05, 4.69) is 20.7 Å². The van der Waals surface area contributed by atoms with E-state index in [0.29, 0.717) is 11.4 Å². The Bertz CT molecular complexity index is 692. The highest BCUT2D eigenvalue weighted by atomic mass is 79.9. The molecule has 2 rings (SSSR count). The largest absolute Gasteiger partial charge is 0.240 e. The van der Waals surface area contributed by atoms with Crippen molar-refractivity contribution in [2.45, 2.75) is 25.3 Å². The summed E-state index contributed by atoms with van der Waals surface area (Å²) < 4.78 is 27.9. The van der Waals surface area contributed by atoms with Gasteiger partial charge in [-0.25, -0.2) is 13.1 Å². The third-order valence-corrected chi connectivity index (χ3v) is 6.14. The zero-order chi connectivity index (χ0) is 14.0. The number of nitrogens with one attached hydrogen (secondary N) is 1. The highest BCUT2D eigenvalue weighted by Gasteiger charge is 2.15. The summed E-state index contributed by atoms with van der Waals surface area (Å²) in [6.07, 6.45) is 0. The summed E-state index contributed by atoms with van der Waals surface area (Å²) in [6, 6.07) is 6.99. The molecular formula is C13H14BrNO2S2. The Balaban J connectivity index is 2.18. The van der Waals surface area contributed by atoms with E-state index in [4.69, 9.17) is 0 Å². The Labute approximate surface area is 125 Å². The zero-order valence-electron chi connectivity index (χ0n) is 10.6. The number of sulfonamides is 1. The number of halogens is 1. The number of hydrogen-bond acceptors (Lipinski definition) is 3. The molecule has 0 aliphatic heterocycles. The lowest BCUT2D eigenvalue weighted by Gasteiger charge is -2.08. The minimum atomic E-state index is -3.46. The number of rotatable bonds is 4. The molecule has 1 N–H and O–H groups in total. The van der Waals surface area contributed by atoms with Crippen molar-refractivity contribution in [2.75, 3.05) is 0 Å². The summed E-state index contributed by atoms with van der Waals surface area (Å²) in [5.74, 6) is 0. The first-order valence-corrected chi connectivity index (χ1v) is 8.84. The van der Waals surface area contributed by atoms with Gasteiger partial charge in [0.15, 0.2) is 0 Å². The number of benzene rings is 1. The quantitative estimate of drug-likeness (QED) is 0.906. The van der Waals surface area contributed by atoms with Gasteiger partial charge in [-0.05, 0) is 54.6 Å². The standard InChI is InChI=1S/C13H14BrNO2S2/c1-9-5-6-18-13(9)8-15-19(16,17)11-3-4-12(14)10(2)7-11/h3-7,15H,8H2,1-2H3. The van der Waals surface area contributed by atoms with Gasteiger partial charge in [0.2, 0.25) is 10.0 Å². The van der Waals surface area contributed by atoms with Crippen LogP contribution in [-0.2, 0) is 16.6 Å². The molecule has 0 spiro atoms. The summed E-state index contributed by atoms with van der Waals surface area (Å²) in [5, 5.41) is 1.96. The third kappa shape index (κ3) is 3.45. The van der Waals surface area contributed by atoms with Crippen molar-refractivity contribution < 1.29 is 8.42 Å². The zero-order valence-corrected chi connectivity index (χ0v) is 13.8. The van der Waals surface area contributed by atoms with Crippen molar-refractivity contribution in [3.8, 4) is 0 Å². The topological polar surface area (TPSA) is 46.2 Å². The van der Waals surface area contributed by atoms with Gasteiger partial charge >= 0.3 is 0 Å². The van der Waals surface area contributed by atoms with Crippen LogP contribution in [0.15, 0.2) is 39.0 Å². The summed E-state index contributed by atoms with van der Waals surface area (Å²) in [6.45, 7) is 4.18. The molecule has 19 heavy (non-hydrogen) atoms. The van der Waals surface area contributed by atoms with Gasteiger partial charge in [0, 0.05) is 15.9 Å². The van der Waals surface area contributed by atoms with Crippen LogP contribution in [0.1, 0.15) is 16.0 Å². The van der Waals surface area contributed by atoms with Crippen LogP contribution in [0.3, 0.4) is 0 Å². The lowest BCUT2D eigenvalue weighted by atomic mass is 10.2. The molecule has 6 heteroatoms. The molecular weight excluding hydrogens is 346 g/mol. The van der Waals surface area contributed by atoms with Crippen LogP contribution < -0.4 is 4.72 Å². The van der Waals surface area contributed by atoms with Crippen molar-refractivity contribution in [2.24, 2.45) is 0 Å². The van der Waals surface area contributed by atoms with E-state index in [1.54, 1.807) is 29.5 Å². The van der Waals surface area contributed by atoms with Gasteiger partial charge in [-0.1, -0.05) is 15.9 Å². The van der Waals surface area contributed by atoms with Crippen molar-refractivity contribution in [1.29, 1.82) is 0 Å². The van der Waals surface area contributed by atoms with Gasteiger partial charge in [-0.15, -0.1) is 11.3 Å². The first-order valence-electron chi connectivity index (χ1n) is 5.69. The van der Waals surface area contributed by atoms with Crippen LogP contribution in [0.5, 0.6) is 0 Å². The van der Waals surface area contributed by atoms with Crippen molar-refractivity contribution in [1.82, 2.24) is 4.72 Å². The first-order chi connectivity index (χ1) is 8.90. The van der Waals surface area contributed by atoms with Crippen molar-refractivity contribution >= 4 is 37.3 Å². The maximum absolute atomic E-state index is 12.2. The normalized spacial score (nSPS) is 11.7. The molecule has 0 amide bonds. The number of thiophene rings is 1. The van der Waals surface area contributed by atoms with E-state index >= 15 is 0 Å². The minimum Gasteiger partial charge on any atom is -0.207 e. The Morgan fingerprint density at radius 1 is 1.21 bits per heavy atom. The Hall–Kier alpha value is -0.690. The fourth-order valence-corrected chi connectivity index (χ4v) is 3.88. The second-order valence-corrected chi connectivity index (χ2v) is 7.88. The molecule has 0 bridgehead atoms. The van der Waals surface area contributed by atoms with Gasteiger partial charge in [0.25, 0.3) is 0 Å². The van der Waals surface area contributed by atoms with Crippen molar-refractivity contribution in [3.63, 3.8) is 0 Å². The van der Waals surface area contributed by atoms with E-state index < -0.39 is 10.0 Å². The van der Waals surface area contributed by atoms with Crippen LogP contribution in [0.25, 0.3) is 0 Å². The highest BCUT2D eigenvalue weighted by molar-refractivity contribution is 9.10. The molecule has 0 fully saturated rings. The van der Waals surface area contributed by atoms with E-state index in [1.165, 1.54) is 0 Å². The Morgan fingerprint density at radius 2 is 1.95 bits per heavy atom. The average Bonchev–Trinajstić information content (AvgIpc) is 2.76. The predicted molar refractivity (Wildman–Crippen MR) is 82.0 cm³/mol. The smallest absolute Gasteiger partial charge is 0.207 e. The fraction of sp³-hybridized carbons (Fsp3) is 0.231. The molecule has 0 atom stereocenters. The monoisotopic (exact) mass is 359 g/mol. The van der Waals surface area contributed by atoms with Crippen LogP contribution in [-0.4, -0.2) is 8.42 Å². The lowest BCUT2D eigenvalue weighted by Crippen LogP contribution is -2.23. The molecule has 0 aliphatic rings. The molecule has 1 aromatic carbocycles. The van der Waals surface area contributed by atoms with Gasteiger partial charge < -0.3 is 0 Å². The van der Waals surface area contributed by atoms with E-state index in [0.717, 1.165) is 20.5 Å². The molecule has 3 nitrogen and oxygen atoms in total. The lowest BCUT2D eigenvalue weighted by molar-refractivity contribution is 0.581. The molecule has 0 aliphatic carbocycles. The molecule has 0 unspecified atom stereocenters. The van der Waals surface area contributed by atoms with Crippen molar-refractivity contribution in [3.05, 3.63) is 50.1 Å². The average molecular weight is 360 g/mol. The minimum absolute atomic E-state index is 0.294. The molecule has 0 saturated heterocycles. The van der Waals surface area contributed by atoms with Gasteiger partial charge in [0.05, 0.1) is 4.90 Å². The molecule has 2 aromatic rings. The summed E-state index contributed by atoms with van der Waals surface area (Å²) in [4.78, 5) is 1.33. The first kappa shape index (κ1) is 14.7. The van der Waals surface area contributed by atoms with Crippen LogP contribution >= 0.6 is 27.3 Å². The molecule has 1 aromatic heterocycles. The van der Waals surface area contributed by atoms with Crippen LogP contribution in [0.4, 0.5) is 0 Å². The predicted octanol–water partition coefficient (Wildman–Crippen LogP) is 3.61. The maximum atomic E-state index is 12.2. The van der Waals surface area contributed by atoms with Gasteiger partial charge in [-0.2, -0.15) is 0 Å². The Morgan fingerprint density at radius 3 is 2.53 bits per heavy atom. The van der Waals surface area contributed by atoms with Gasteiger partial charge in [-0.3, -0.25) is 0 Å². The summed E-state index contributed by atoms with van der Waals surface area (Å²) in [7, 11) is -3.46. The summed E-state index contributed by atoms with van der Waals surface area (Å²) in [5.41, 5.74) is 2.01. The third-order valence-electron chi connectivity index (χ3n) is 2.83. The molecule has 102 valence electrons. The molecule has 0 radical (unpaired) electrons. The van der Waals surface area contributed by atoms with E-state index in [1.807, 2.05) is 25.3 Å². The van der Waals surface area contributed by atoms with Crippen LogP contribution in [0, 0.1) is 13.8 Å². The van der Waals surface area contributed by atoms with E-state index in [-0.39, 0.29) is 0 Å². The second kappa shape index (κ2) is 5.75. The second-order valence-electron chi connectivity index (χ2n) is 4.26. The maximum Gasteiger partial charge on any atom is 0.240 e. The fourth-order valence-electron chi connectivity index (χ4n) is 1.61. The van der Waals surface area contributed by atoms with Gasteiger partial charge in [0.1, 0.15) is 0 Å². The Kier molecular flexibility index (Phi) is 4.45. The van der Waals surface area contributed by atoms with Crippen LogP contribution in [0.2, 0.25) is 0 Å². The highest BCUT2D eigenvalue weighted by Crippen LogP contribution is 2.21. The molecule has 1 heterocycles. The number of aryl methyl sites for hydroxylation is 2. The number of hydrogen-bond donors (Lipinski definition) is 1.